The van der Waals surface area contributed by atoms with Crippen molar-refractivity contribution in [1.82, 2.24) is 4.72 Å². The minimum absolute atomic E-state index is 0.0636. The van der Waals surface area contributed by atoms with Gasteiger partial charge < -0.3 is 9.84 Å². The van der Waals surface area contributed by atoms with Crippen molar-refractivity contribution >= 4 is 21.6 Å². The summed E-state index contributed by atoms with van der Waals surface area (Å²) in [4.78, 5) is 0.0706. The molecule has 0 fully saturated rings. The van der Waals surface area contributed by atoms with Crippen LogP contribution in [-0.4, -0.2) is 33.8 Å². The fourth-order valence-electron chi connectivity index (χ4n) is 1.18. The summed E-state index contributed by atoms with van der Waals surface area (Å²) in [6.45, 7) is 0.119. The number of methoxy groups -OCH3 is 1. The minimum Gasteiger partial charge on any atom is -0.495 e. The van der Waals surface area contributed by atoms with Gasteiger partial charge in [-0.2, -0.15) is 0 Å². The van der Waals surface area contributed by atoms with E-state index in [2.05, 4.69) is 4.72 Å². The largest absolute Gasteiger partial charge is 0.495 e. The number of aliphatic hydroxyl groups excluding tert-OH is 1. The second-order valence-corrected chi connectivity index (χ2v) is 5.45. The summed E-state index contributed by atoms with van der Waals surface area (Å²) >= 11 is 5.84. The molecule has 1 aromatic rings. The van der Waals surface area contributed by atoms with E-state index >= 15 is 0 Å². The van der Waals surface area contributed by atoms with Crippen molar-refractivity contribution in [1.29, 1.82) is 0 Å². The highest BCUT2D eigenvalue weighted by molar-refractivity contribution is 7.89. The van der Waals surface area contributed by atoms with E-state index in [9.17, 15) is 8.42 Å². The molecule has 5 nitrogen and oxygen atoms in total. The van der Waals surface area contributed by atoms with Crippen molar-refractivity contribution in [2.45, 2.75) is 11.3 Å². The van der Waals surface area contributed by atoms with Gasteiger partial charge in [-0.15, -0.1) is 0 Å². The quantitative estimate of drug-likeness (QED) is 0.762. The van der Waals surface area contributed by atoms with Crippen LogP contribution in [0.3, 0.4) is 0 Å². The third kappa shape index (κ3) is 3.85. The summed E-state index contributed by atoms with van der Waals surface area (Å²) in [5.41, 5.74) is 0. The maximum Gasteiger partial charge on any atom is 0.240 e. The van der Waals surface area contributed by atoms with E-state index in [1.807, 2.05) is 0 Å². The molecule has 0 bridgehead atoms. The highest BCUT2D eigenvalue weighted by atomic mass is 35.5. The first-order chi connectivity index (χ1) is 8.01. The maximum absolute atomic E-state index is 11.8. The van der Waals surface area contributed by atoms with E-state index < -0.39 is 10.0 Å². The van der Waals surface area contributed by atoms with E-state index in [0.717, 1.165) is 0 Å². The summed E-state index contributed by atoms with van der Waals surface area (Å²) in [6, 6.07) is 4.22. The number of hydrogen-bond acceptors (Lipinski definition) is 4. The zero-order valence-corrected chi connectivity index (χ0v) is 10.9. The third-order valence-electron chi connectivity index (χ3n) is 2.06. The first kappa shape index (κ1) is 14.2. The minimum atomic E-state index is -3.58. The van der Waals surface area contributed by atoms with Crippen molar-refractivity contribution < 1.29 is 18.3 Å². The lowest BCUT2D eigenvalue weighted by Gasteiger charge is -2.08. The lowest BCUT2D eigenvalue weighted by molar-refractivity contribution is 0.289. The molecule has 0 saturated heterocycles. The van der Waals surface area contributed by atoms with Crippen LogP contribution in [0.25, 0.3) is 0 Å². The standard InChI is InChI=1S/C10H14ClNO4S/c1-16-10-4-3-8(7-9(10)11)17(14,15)12-5-2-6-13/h3-4,7,12-13H,2,5-6H2,1H3. The van der Waals surface area contributed by atoms with Gasteiger partial charge in [0.25, 0.3) is 0 Å². The summed E-state index contributed by atoms with van der Waals surface area (Å²) in [6.07, 6.45) is 0.364. The summed E-state index contributed by atoms with van der Waals surface area (Å²) in [7, 11) is -2.13. The SMILES string of the molecule is COc1ccc(S(=O)(=O)NCCCO)cc1Cl. The van der Waals surface area contributed by atoms with Crippen molar-refractivity contribution in [3.8, 4) is 5.75 Å². The molecule has 0 aromatic heterocycles. The average molecular weight is 280 g/mol. The molecule has 0 radical (unpaired) electrons. The molecule has 96 valence electrons. The van der Waals surface area contributed by atoms with Crippen LogP contribution in [0.15, 0.2) is 23.1 Å². The molecule has 0 aliphatic heterocycles. The van der Waals surface area contributed by atoms with Gasteiger partial charge >= 0.3 is 0 Å². The molecule has 0 aliphatic rings. The number of rotatable bonds is 6. The van der Waals surface area contributed by atoms with Crippen LogP contribution < -0.4 is 9.46 Å². The molecule has 0 saturated carbocycles. The fourth-order valence-corrected chi connectivity index (χ4v) is 2.61. The molecule has 17 heavy (non-hydrogen) atoms. The molecule has 0 spiro atoms. The topological polar surface area (TPSA) is 75.6 Å². The lowest BCUT2D eigenvalue weighted by Crippen LogP contribution is -2.25. The highest BCUT2D eigenvalue weighted by Crippen LogP contribution is 2.26. The van der Waals surface area contributed by atoms with Gasteiger partial charge in [0, 0.05) is 13.2 Å². The van der Waals surface area contributed by atoms with Crippen molar-refractivity contribution in [3.63, 3.8) is 0 Å². The van der Waals surface area contributed by atoms with Crippen LogP contribution in [0.4, 0.5) is 0 Å². The first-order valence-corrected chi connectivity index (χ1v) is 6.81. The van der Waals surface area contributed by atoms with Gasteiger partial charge in [0.05, 0.1) is 17.0 Å². The maximum atomic E-state index is 11.8. The smallest absolute Gasteiger partial charge is 0.240 e. The Hall–Kier alpha value is -0.820. The predicted octanol–water partition coefficient (Wildman–Crippen LogP) is 1.01. The number of nitrogens with one attached hydrogen (secondary N) is 1. The van der Waals surface area contributed by atoms with Crippen LogP contribution in [-0.2, 0) is 10.0 Å². The molecule has 0 aliphatic carbocycles. The van der Waals surface area contributed by atoms with Gasteiger partial charge in [-0.25, -0.2) is 13.1 Å². The Morgan fingerprint density at radius 1 is 1.47 bits per heavy atom. The summed E-state index contributed by atoms with van der Waals surface area (Å²) < 4.78 is 30.8. The molecule has 0 atom stereocenters. The van der Waals surface area contributed by atoms with Crippen molar-refractivity contribution in [2.24, 2.45) is 0 Å². The van der Waals surface area contributed by atoms with E-state index in [4.69, 9.17) is 21.4 Å². The van der Waals surface area contributed by atoms with Gasteiger partial charge in [-0.3, -0.25) is 0 Å². The Kier molecular flexibility index (Phi) is 5.20. The van der Waals surface area contributed by atoms with E-state index in [0.29, 0.717) is 12.2 Å². The molecule has 7 heteroatoms. The Balaban J connectivity index is 2.88. The van der Waals surface area contributed by atoms with Crippen LogP contribution in [0.5, 0.6) is 5.75 Å². The number of halogens is 1. The van der Waals surface area contributed by atoms with E-state index in [-0.39, 0.29) is 23.1 Å². The van der Waals surface area contributed by atoms with Crippen LogP contribution in [0.2, 0.25) is 5.02 Å². The third-order valence-corrected chi connectivity index (χ3v) is 3.81. The number of ether oxygens (including phenoxy) is 1. The number of sulfonamides is 1. The van der Waals surface area contributed by atoms with Crippen LogP contribution in [0.1, 0.15) is 6.42 Å². The van der Waals surface area contributed by atoms with Crippen LogP contribution >= 0.6 is 11.6 Å². The Labute approximate surface area is 105 Å². The molecular formula is C10H14ClNO4S. The molecule has 0 amide bonds. The molecule has 1 rings (SSSR count). The number of aliphatic hydroxyl groups is 1. The van der Waals surface area contributed by atoms with Crippen LogP contribution in [0, 0.1) is 0 Å². The van der Waals surface area contributed by atoms with E-state index in [1.165, 1.54) is 25.3 Å². The second kappa shape index (κ2) is 6.20. The summed E-state index contributed by atoms with van der Waals surface area (Å²) in [5.74, 6) is 0.418. The second-order valence-electron chi connectivity index (χ2n) is 3.27. The first-order valence-electron chi connectivity index (χ1n) is 4.95. The van der Waals surface area contributed by atoms with E-state index in [1.54, 1.807) is 0 Å². The Morgan fingerprint density at radius 2 is 2.18 bits per heavy atom. The average Bonchev–Trinajstić information content (AvgIpc) is 2.29. The molecular weight excluding hydrogens is 266 g/mol. The van der Waals surface area contributed by atoms with Gasteiger partial charge in [0.1, 0.15) is 5.75 Å². The van der Waals surface area contributed by atoms with Gasteiger partial charge in [0.15, 0.2) is 0 Å². The summed E-state index contributed by atoms with van der Waals surface area (Å²) in [5, 5.41) is 8.81. The van der Waals surface area contributed by atoms with Crippen molar-refractivity contribution in [2.75, 3.05) is 20.3 Å². The molecule has 2 N–H and O–H groups in total. The predicted molar refractivity (Wildman–Crippen MR) is 64.9 cm³/mol. The van der Waals surface area contributed by atoms with Gasteiger partial charge in [-0.05, 0) is 24.6 Å². The van der Waals surface area contributed by atoms with Gasteiger partial charge in [-0.1, -0.05) is 11.6 Å². The zero-order valence-electron chi connectivity index (χ0n) is 9.31. The Bertz CT molecular complexity index is 475. The van der Waals surface area contributed by atoms with Crippen molar-refractivity contribution in [3.05, 3.63) is 23.2 Å². The lowest BCUT2D eigenvalue weighted by atomic mass is 10.3. The number of hydrogen-bond donors (Lipinski definition) is 2. The Morgan fingerprint density at radius 3 is 2.71 bits per heavy atom. The van der Waals surface area contributed by atoms with Gasteiger partial charge in [0.2, 0.25) is 10.0 Å². The zero-order chi connectivity index (χ0) is 12.9. The monoisotopic (exact) mass is 279 g/mol. The highest BCUT2D eigenvalue weighted by Gasteiger charge is 2.15. The molecule has 0 unspecified atom stereocenters. The fraction of sp³-hybridized carbons (Fsp3) is 0.400. The molecule has 0 heterocycles. The normalized spacial score (nSPS) is 11.5. The molecule has 1 aromatic carbocycles. The number of benzene rings is 1.